The van der Waals surface area contributed by atoms with E-state index in [-0.39, 0.29) is 30.2 Å². The van der Waals surface area contributed by atoms with E-state index in [1.165, 1.54) is 0 Å². The molecular weight excluding hydrogens is 344 g/mol. The molecule has 7 nitrogen and oxygen atoms in total. The molecule has 3 heterocycles. The van der Waals surface area contributed by atoms with Crippen LogP contribution in [-0.4, -0.2) is 52.8 Å². The van der Waals surface area contributed by atoms with Crippen LogP contribution in [-0.2, 0) is 9.59 Å². The molecule has 4 rings (SSSR count). The lowest BCUT2D eigenvalue weighted by atomic mass is 9.97. The van der Waals surface area contributed by atoms with Crippen molar-refractivity contribution >= 4 is 23.4 Å². The van der Waals surface area contributed by atoms with Crippen molar-refractivity contribution in [2.75, 3.05) is 24.5 Å². The number of amides is 3. The molecule has 1 aromatic rings. The molecule has 2 fully saturated rings. The molecule has 3 aliphatic rings. The Hall–Kier alpha value is -2.88. The highest BCUT2D eigenvalue weighted by molar-refractivity contribution is 6.11. The van der Waals surface area contributed by atoms with Crippen LogP contribution in [0.15, 0.2) is 24.3 Å². The van der Waals surface area contributed by atoms with E-state index in [1.54, 1.807) is 32.9 Å². The van der Waals surface area contributed by atoms with Gasteiger partial charge >= 0.3 is 0 Å². The number of likely N-dealkylation sites (tertiary alicyclic amines) is 1. The molecule has 27 heavy (non-hydrogen) atoms. The standard InChI is InChI=1S/C20H22N4O3/c1-20-9-6-17(25)24(20)16-5-3-2-4-15(16)19(27)23(20)13-18(26)22-10-7-14(12-21)8-11-22/h2-5,14H,6-11,13H2,1H3. The molecule has 1 atom stereocenters. The molecule has 3 amide bonds. The maximum atomic E-state index is 13.2. The maximum absolute atomic E-state index is 13.2. The number of nitriles is 1. The Kier molecular flexibility index (Phi) is 4.14. The van der Waals surface area contributed by atoms with Crippen molar-refractivity contribution in [3.05, 3.63) is 29.8 Å². The van der Waals surface area contributed by atoms with E-state index >= 15 is 0 Å². The van der Waals surface area contributed by atoms with Crippen molar-refractivity contribution in [2.24, 2.45) is 5.92 Å². The summed E-state index contributed by atoms with van der Waals surface area (Å²) in [7, 11) is 0. The van der Waals surface area contributed by atoms with Crippen molar-refractivity contribution in [2.45, 2.75) is 38.3 Å². The molecule has 1 aromatic carbocycles. The first-order valence-corrected chi connectivity index (χ1v) is 9.37. The second-order valence-corrected chi connectivity index (χ2v) is 7.64. The largest absolute Gasteiger partial charge is 0.341 e. The van der Waals surface area contributed by atoms with Gasteiger partial charge in [0.2, 0.25) is 11.8 Å². The molecule has 2 saturated heterocycles. The van der Waals surface area contributed by atoms with Crippen LogP contribution in [0.3, 0.4) is 0 Å². The van der Waals surface area contributed by atoms with E-state index in [0.717, 1.165) is 0 Å². The quantitative estimate of drug-likeness (QED) is 0.798. The highest BCUT2D eigenvalue weighted by atomic mass is 16.2. The third-order valence-electron chi connectivity index (χ3n) is 6.07. The van der Waals surface area contributed by atoms with E-state index in [0.29, 0.717) is 50.0 Å². The van der Waals surface area contributed by atoms with Gasteiger partial charge in [-0.2, -0.15) is 5.26 Å². The zero-order valence-electron chi connectivity index (χ0n) is 15.4. The second-order valence-electron chi connectivity index (χ2n) is 7.64. The molecule has 3 aliphatic heterocycles. The zero-order chi connectivity index (χ0) is 19.2. The number of hydrogen-bond donors (Lipinski definition) is 0. The van der Waals surface area contributed by atoms with Gasteiger partial charge in [-0.05, 0) is 38.3 Å². The Bertz CT molecular complexity index is 853. The van der Waals surface area contributed by atoms with Crippen LogP contribution in [0.25, 0.3) is 0 Å². The first-order chi connectivity index (χ1) is 13.0. The lowest BCUT2D eigenvalue weighted by Crippen LogP contribution is -2.64. The third-order valence-corrected chi connectivity index (χ3v) is 6.07. The summed E-state index contributed by atoms with van der Waals surface area (Å²) in [5.41, 5.74) is 0.274. The fraction of sp³-hybridized carbons (Fsp3) is 0.500. The van der Waals surface area contributed by atoms with Crippen molar-refractivity contribution in [3.63, 3.8) is 0 Å². The number of piperidine rings is 1. The van der Waals surface area contributed by atoms with Crippen molar-refractivity contribution in [3.8, 4) is 6.07 Å². The number of anilines is 1. The summed E-state index contributed by atoms with van der Waals surface area (Å²) in [5.74, 6) is -0.360. The number of fused-ring (bicyclic) bond motifs is 3. The number of para-hydroxylation sites is 1. The number of nitrogens with zero attached hydrogens (tertiary/aromatic N) is 4. The average molecular weight is 366 g/mol. The Morgan fingerprint density at radius 3 is 2.67 bits per heavy atom. The fourth-order valence-electron chi connectivity index (χ4n) is 4.43. The van der Waals surface area contributed by atoms with Crippen LogP contribution in [0.4, 0.5) is 5.69 Å². The van der Waals surface area contributed by atoms with Crippen molar-refractivity contribution in [1.29, 1.82) is 5.26 Å². The van der Waals surface area contributed by atoms with Gasteiger partial charge < -0.3 is 9.80 Å². The molecule has 0 aromatic heterocycles. The molecule has 0 radical (unpaired) electrons. The summed E-state index contributed by atoms with van der Waals surface area (Å²) >= 11 is 0. The smallest absolute Gasteiger partial charge is 0.258 e. The van der Waals surface area contributed by atoms with Gasteiger partial charge in [0, 0.05) is 25.4 Å². The van der Waals surface area contributed by atoms with Gasteiger partial charge in [-0.25, -0.2) is 0 Å². The van der Waals surface area contributed by atoms with Gasteiger partial charge in [0.15, 0.2) is 0 Å². The van der Waals surface area contributed by atoms with E-state index in [4.69, 9.17) is 5.26 Å². The van der Waals surface area contributed by atoms with Crippen LogP contribution in [0, 0.1) is 17.2 Å². The Morgan fingerprint density at radius 2 is 1.96 bits per heavy atom. The van der Waals surface area contributed by atoms with Gasteiger partial charge in [-0.3, -0.25) is 19.3 Å². The number of rotatable bonds is 2. The third kappa shape index (κ3) is 2.67. The summed E-state index contributed by atoms with van der Waals surface area (Å²) in [6.07, 6.45) is 2.20. The minimum atomic E-state index is -0.816. The Balaban J connectivity index is 1.61. The first-order valence-electron chi connectivity index (χ1n) is 9.37. The van der Waals surface area contributed by atoms with E-state index in [2.05, 4.69) is 6.07 Å². The summed E-state index contributed by atoms with van der Waals surface area (Å²) in [6, 6.07) is 9.34. The molecule has 140 valence electrons. The molecule has 0 bridgehead atoms. The fourth-order valence-corrected chi connectivity index (χ4v) is 4.43. The van der Waals surface area contributed by atoms with Gasteiger partial charge in [-0.1, -0.05) is 12.1 Å². The van der Waals surface area contributed by atoms with Crippen LogP contribution in [0.2, 0.25) is 0 Å². The highest BCUT2D eigenvalue weighted by Crippen LogP contribution is 2.43. The molecule has 0 N–H and O–H groups in total. The lowest BCUT2D eigenvalue weighted by molar-refractivity contribution is -0.134. The van der Waals surface area contributed by atoms with Crippen molar-refractivity contribution in [1.82, 2.24) is 9.80 Å². The van der Waals surface area contributed by atoms with E-state index in [1.807, 2.05) is 13.0 Å². The second kappa shape index (κ2) is 6.38. The van der Waals surface area contributed by atoms with Crippen LogP contribution in [0.5, 0.6) is 0 Å². The lowest BCUT2D eigenvalue weighted by Gasteiger charge is -2.48. The molecule has 0 aliphatic carbocycles. The molecule has 1 unspecified atom stereocenters. The number of carbonyl (C=O) groups is 3. The van der Waals surface area contributed by atoms with E-state index < -0.39 is 5.66 Å². The van der Waals surface area contributed by atoms with E-state index in [9.17, 15) is 14.4 Å². The van der Waals surface area contributed by atoms with Gasteiger partial charge in [-0.15, -0.1) is 0 Å². The van der Waals surface area contributed by atoms with Gasteiger partial charge in [0.05, 0.1) is 17.3 Å². The molecular formula is C20H22N4O3. The molecule has 0 spiro atoms. The SMILES string of the molecule is CC12CCC(=O)N1c1ccccc1C(=O)N2CC(=O)N1CCC(C#N)CC1. The summed E-state index contributed by atoms with van der Waals surface area (Å²) < 4.78 is 0. The Morgan fingerprint density at radius 1 is 1.26 bits per heavy atom. The average Bonchev–Trinajstić information content (AvgIpc) is 3.00. The number of hydrogen-bond acceptors (Lipinski definition) is 4. The summed E-state index contributed by atoms with van der Waals surface area (Å²) in [5, 5.41) is 9.02. The van der Waals surface area contributed by atoms with Gasteiger partial charge in [0.1, 0.15) is 12.2 Å². The minimum absolute atomic E-state index is 0.00184. The van der Waals surface area contributed by atoms with Crippen LogP contribution < -0.4 is 4.90 Å². The topological polar surface area (TPSA) is 84.7 Å². The minimum Gasteiger partial charge on any atom is -0.341 e. The summed E-state index contributed by atoms with van der Waals surface area (Å²) in [4.78, 5) is 43.5. The summed E-state index contributed by atoms with van der Waals surface area (Å²) in [6.45, 7) is 2.88. The van der Waals surface area contributed by atoms with Crippen molar-refractivity contribution < 1.29 is 14.4 Å². The maximum Gasteiger partial charge on any atom is 0.258 e. The van der Waals surface area contributed by atoms with Crippen LogP contribution in [0.1, 0.15) is 43.0 Å². The first kappa shape index (κ1) is 17.5. The predicted molar refractivity (Wildman–Crippen MR) is 97.5 cm³/mol. The number of benzene rings is 1. The highest BCUT2D eigenvalue weighted by Gasteiger charge is 2.53. The zero-order valence-corrected chi connectivity index (χ0v) is 15.4. The van der Waals surface area contributed by atoms with Gasteiger partial charge in [0.25, 0.3) is 5.91 Å². The Labute approximate surface area is 158 Å². The molecule has 7 heteroatoms. The molecule has 0 saturated carbocycles. The van der Waals surface area contributed by atoms with Crippen LogP contribution >= 0.6 is 0 Å². The predicted octanol–water partition coefficient (Wildman–Crippen LogP) is 1.75. The normalized spacial score (nSPS) is 25.3. The monoisotopic (exact) mass is 366 g/mol. The number of carbonyl (C=O) groups excluding carboxylic acids is 3.